The van der Waals surface area contributed by atoms with Gasteiger partial charge in [0.2, 0.25) is 0 Å². The summed E-state index contributed by atoms with van der Waals surface area (Å²) in [6.45, 7) is 1.96. The van der Waals surface area contributed by atoms with Gasteiger partial charge in [-0.15, -0.1) is 0 Å². The van der Waals surface area contributed by atoms with Gasteiger partial charge in [-0.1, -0.05) is 13.3 Å². The van der Waals surface area contributed by atoms with Crippen molar-refractivity contribution in [3.63, 3.8) is 0 Å². The number of carbonyl (C=O) groups excluding carboxylic acids is 1. The van der Waals surface area contributed by atoms with Gasteiger partial charge in [-0.25, -0.2) is 0 Å². The number of aliphatic hydroxyl groups excluding tert-OH is 4. The topological polar surface area (TPSA) is 110 Å². The van der Waals surface area contributed by atoms with Gasteiger partial charge in [0.25, 0.3) is 0 Å². The Morgan fingerprint density at radius 1 is 1.31 bits per heavy atom. The molecule has 16 heavy (non-hydrogen) atoms. The first kappa shape index (κ1) is 15.5. The number of hydrogen-bond donors (Lipinski definition) is 5. The lowest BCUT2D eigenvalue weighted by molar-refractivity contribution is -0.141. The second kappa shape index (κ2) is 8.60. The summed E-state index contributed by atoms with van der Waals surface area (Å²) < 4.78 is 0. The Bertz CT molecular complexity index is 200. The molecule has 0 rings (SSSR count). The van der Waals surface area contributed by atoms with E-state index in [4.69, 9.17) is 5.11 Å². The van der Waals surface area contributed by atoms with Crippen LogP contribution < -0.4 is 5.32 Å². The number of unbranched alkanes of at least 4 members (excludes halogenated alkanes) is 1. The van der Waals surface area contributed by atoms with Gasteiger partial charge >= 0.3 is 0 Å². The fourth-order valence-electron chi connectivity index (χ4n) is 1.17. The number of aliphatic hydroxyl groups is 4. The summed E-state index contributed by atoms with van der Waals surface area (Å²) in [6, 6.07) is 0. The van der Waals surface area contributed by atoms with E-state index in [0.717, 1.165) is 12.8 Å². The van der Waals surface area contributed by atoms with Gasteiger partial charge in [-0.05, 0) is 13.0 Å². The van der Waals surface area contributed by atoms with Crippen LogP contribution in [0.1, 0.15) is 19.8 Å². The molecule has 0 aromatic carbocycles. The molecule has 96 valence electrons. The monoisotopic (exact) mass is 235 g/mol. The molecule has 0 aliphatic heterocycles. The number of ketones is 1. The highest BCUT2D eigenvalue weighted by Gasteiger charge is 2.29. The molecule has 0 aromatic heterocycles. The number of carbonyl (C=O) groups is 1. The van der Waals surface area contributed by atoms with Gasteiger partial charge in [0.05, 0.1) is 6.10 Å². The van der Waals surface area contributed by atoms with E-state index in [2.05, 4.69) is 5.32 Å². The molecule has 0 fully saturated rings. The SMILES string of the molecule is CCCCNC[C@@H](O)[C@H](O)[C@@H](O)C(=O)CO. The molecule has 6 heteroatoms. The summed E-state index contributed by atoms with van der Waals surface area (Å²) in [7, 11) is 0. The van der Waals surface area contributed by atoms with Crippen LogP contribution in [0.2, 0.25) is 0 Å². The molecule has 6 nitrogen and oxygen atoms in total. The van der Waals surface area contributed by atoms with Crippen molar-refractivity contribution in [2.45, 2.75) is 38.1 Å². The lowest BCUT2D eigenvalue weighted by Crippen LogP contribution is -2.47. The highest BCUT2D eigenvalue weighted by Crippen LogP contribution is 2.01. The molecule has 0 aliphatic rings. The van der Waals surface area contributed by atoms with E-state index in [1.807, 2.05) is 6.92 Å². The number of rotatable bonds is 9. The van der Waals surface area contributed by atoms with E-state index < -0.39 is 30.7 Å². The van der Waals surface area contributed by atoms with Crippen LogP contribution in [0.4, 0.5) is 0 Å². The lowest BCUT2D eigenvalue weighted by atomic mass is 10.0. The van der Waals surface area contributed by atoms with E-state index >= 15 is 0 Å². The summed E-state index contributed by atoms with van der Waals surface area (Å²) in [5, 5.41) is 39.4. The Balaban J connectivity index is 3.88. The van der Waals surface area contributed by atoms with Crippen LogP contribution in [0.3, 0.4) is 0 Å². The van der Waals surface area contributed by atoms with E-state index in [9.17, 15) is 20.1 Å². The van der Waals surface area contributed by atoms with Gasteiger partial charge in [0, 0.05) is 6.54 Å². The van der Waals surface area contributed by atoms with Crippen molar-refractivity contribution in [1.29, 1.82) is 0 Å². The van der Waals surface area contributed by atoms with Crippen molar-refractivity contribution >= 4 is 5.78 Å². The maximum Gasteiger partial charge on any atom is 0.189 e. The smallest absolute Gasteiger partial charge is 0.189 e. The van der Waals surface area contributed by atoms with Crippen LogP contribution in [-0.2, 0) is 4.79 Å². The highest BCUT2D eigenvalue weighted by atomic mass is 16.4. The number of nitrogens with one attached hydrogen (secondary N) is 1. The zero-order valence-corrected chi connectivity index (χ0v) is 9.46. The molecule has 5 N–H and O–H groups in total. The Kier molecular flexibility index (Phi) is 8.32. The zero-order valence-electron chi connectivity index (χ0n) is 9.46. The standard InChI is InChI=1S/C10H21NO5/c1-2-3-4-11-5-7(13)9(15)10(16)8(14)6-12/h7,9-13,15-16H,2-6H2,1H3/t7-,9+,10+/m1/s1. The van der Waals surface area contributed by atoms with Crippen LogP contribution in [0.25, 0.3) is 0 Å². The minimum Gasteiger partial charge on any atom is -0.389 e. The van der Waals surface area contributed by atoms with Crippen molar-refractivity contribution in [2.24, 2.45) is 0 Å². The second-order valence-corrected chi connectivity index (χ2v) is 3.68. The van der Waals surface area contributed by atoms with Gasteiger partial charge in [-0.3, -0.25) is 4.79 Å². The Morgan fingerprint density at radius 2 is 1.94 bits per heavy atom. The Morgan fingerprint density at radius 3 is 2.44 bits per heavy atom. The van der Waals surface area contributed by atoms with Crippen LogP contribution in [0, 0.1) is 0 Å². The molecule has 0 heterocycles. The van der Waals surface area contributed by atoms with E-state index in [-0.39, 0.29) is 6.54 Å². The van der Waals surface area contributed by atoms with Crippen molar-refractivity contribution in [3.8, 4) is 0 Å². The largest absolute Gasteiger partial charge is 0.389 e. The van der Waals surface area contributed by atoms with Crippen LogP contribution in [0.15, 0.2) is 0 Å². The summed E-state index contributed by atoms with van der Waals surface area (Å²) in [6.07, 6.45) is -2.60. The second-order valence-electron chi connectivity index (χ2n) is 3.68. The van der Waals surface area contributed by atoms with Crippen molar-refractivity contribution in [3.05, 3.63) is 0 Å². The molecule has 0 bridgehead atoms. The van der Waals surface area contributed by atoms with Crippen LogP contribution in [0.5, 0.6) is 0 Å². The summed E-state index contributed by atoms with van der Waals surface area (Å²) in [5.74, 6) is -0.903. The molecule has 0 saturated carbocycles. The molecule has 0 spiro atoms. The quantitative estimate of drug-likeness (QED) is 0.296. The zero-order chi connectivity index (χ0) is 12.6. The first-order chi connectivity index (χ1) is 7.54. The number of hydrogen-bond acceptors (Lipinski definition) is 6. The average Bonchev–Trinajstić information content (AvgIpc) is 2.31. The molecule has 0 aliphatic carbocycles. The predicted octanol–water partition coefficient (Wildman–Crippen LogP) is -1.98. The normalized spacial score (nSPS) is 16.8. The predicted molar refractivity (Wildman–Crippen MR) is 57.9 cm³/mol. The Hall–Kier alpha value is -0.530. The van der Waals surface area contributed by atoms with Crippen molar-refractivity contribution in [2.75, 3.05) is 19.7 Å². The highest BCUT2D eigenvalue weighted by molar-refractivity contribution is 5.84. The summed E-state index contributed by atoms with van der Waals surface area (Å²) >= 11 is 0. The van der Waals surface area contributed by atoms with E-state index in [1.165, 1.54) is 0 Å². The van der Waals surface area contributed by atoms with Gasteiger partial charge in [-0.2, -0.15) is 0 Å². The first-order valence-corrected chi connectivity index (χ1v) is 5.43. The molecule has 0 aromatic rings. The first-order valence-electron chi connectivity index (χ1n) is 5.43. The van der Waals surface area contributed by atoms with Gasteiger partial charge in [0.1, 0.15) is 18.8 Å². The third-order valence-corrected chi connectivity index (χ3v) is 2.26. The molecular weight excluding hydrogens is 214 g/mol. The Labute approximate surface area is 94.9 Å². The molecule has 3 atom stereocenters. The summed E-state index contributed by atoms with van der Waals surface area (Å²) in [4.78, 5) is 10.8. The van der Waals surface area contributed by atoms with Gasteiger partial charge < -0.3 is 25.7 Å². The molecule has 0 unspecified atom stereocenters. The van der Waals surface area contributed by atoms with Crippen molar-refractivity contribution < 1.29 is 25.2 Å². The molecule has 0 radical (unpaired) electrons. The minimum absolute atomic E-state index is 0.0942. The average molecular weight is 235 g/mol. The van der Waals surface area contributed by atoms with E-state index in [0.29, 0.717) is 6.54 Å². The van der Waals surface area contributed by atoms with Crippen molar-refractivity contribution in [1.82, 2.24) is 5.32 Å². The lowest BCUT2D eigenvalue weighted by Gasteiger charge is -2.21. The van der Waals surface area contributed by atoms with Crippen LogP contribution in [-0.4, -0.2) is 64.2 Å². The third-order valence-electron chi connectivity index (χ3n) is 2.26. The minimum atomic E-state index is -1.74. The van der Waals surface area contributed by atoms with Crippen LogP contribution >= 0.6 is 0 Å². The molecule has 0 saturated heterocycles. The van der Waals surface area contributed by atoms with Gasteiger partial charge in [0.15, 0.2) is 5.78 Å². The van der Waals surface area contributed by atoms with E-state index in [1.54, 1.807) is 0 Å². The molecule has 0 amide bonds. The fourth-order valence-corrected chi connectivity index (χ4v) is 1.17. The number of Topliss-reactive ketones (excluding diaryl/α,β-unsaturated/α-hetero) is 1. The molecular formula is C10H21NO5. The maximum absolute atomic E-state index is 10.8. The third kappa shape index (κ3) is 5.53. The maximum atomic E-state index is 10.8. The summed E-state index contributed by atoms with van der Waals surface area (Å²) in [5.41, 5.74) is 0. The fraction of sp³-hybridized carbons (Fsp3) is 0.900.